The first-order valence-electron chi connectivity index (χ1n) is 8.28. The van der Waals surface area contributed by atoms with Gasteiger partial charge in [-0.3, -0.25) is 9.52 Å². The SMILES string of the molecule is COc1ccccc1NS(=O)(=O)c1cc(C(=O)NCc2ccc(Cl)s2)ccc1Cl. The third-order valence-corrected chi connectivity index (χ3v) is 6.96. The fraction of sp³-hybridized carbons (Fsp3) is 0.105. The molecule has 2 aromatic carbocycles. The Morgan fingerprint density at radius 1 is 1.10 bits per heavy atom. The quantitative estimate of drug-likeness (QED) is 0.519. The van der Waals surface area contributed by atoms with Gasteiger partial charge in [-0.05, 0) is 42.5 Å². The van der Waals surface area contributed by atoms with Crippen molar-refractivity contribution in [2.45, 2.75) is 11.4 Å². The predicted molar refractivity (Wildman–Crippen MR) is 116 cm³/mol. The molecule has 29 heavy (non-hydrogen) atoms. The van der Waals surface area contributed by atoms with Crippen LogP contribution in [-0.4, -0.2) is 21.4 Å². The zero-order chi connectivity index (χ0) is 21.0. The molecular weight excluding hydrogens is 455 g/mol. The van der Waals surface area contributed by atoms with Crippen LogP contribution in [0.2, 0.25) is 9.36 Å². The van der Waals surface area contributed by atoms with E-state index in [0.717, 1.165) is 4.88 Å². The van der Waals surface area contributed by atoms with Gasteiger partial charge in [-0.1, -0.05) is 35.3 Å². The van der Waals surface area contributed by atoms with Crippen molar-refractivity contribution in [1.29, 1.82) is 0 Å². The Bertz CT molecular complexity index is 1150. The molecule has 0 saturated carbocycles. The molecule has 1 amide bonds. The van der Waals surface area contributed by atoms with Crippen molar-refractivity contribution in [2.24, 2.45) is 0 Å². The number of amides is 1. The molecular formula is C19H16Cl2N2O4S2. The summed E-state index contributed by atoms with van der Waals surface area (Å²) in [6, 6.07) is 14.2. The number of nitrogens with one attached hydrogen (secondary N) is 2. The molecule has 0 fully saturated rings. The molecule has 0 radical (unpaired) electrons. The van der Waals surface area contributed by atoms with E-state index in [2.05, 4.69) is 10.0 Å². The lowest BCUT2D eigenvalue weighted by Gasteiger charge is -2.13. The van der Waals surface area contributed by atoms with E-state index in [4.69, 9.17) is 27.9 Å². The van der Waals surface area contributed by atoms with Gasteiger partial charge in [0.1, 0.15) is 10.6 Å². The largest absolute Gasteiger partial charge is 0.495 e. The minimum atomic E-state index is -4.05. The summed E-state index contributed by atoms with van der Waals surface area (Å²) in [7, 11) is -2.62. The Morgan fingerprint density at radius 2 is 1.86 bits per heavy atom. The highest BCUT2D eigenvalue weighted by Crippen LogP contribution is 2.29. The minimum absolute atomic E-state index is 0.00557. The molecule has 0 aliphatic heterocycles. The van der Waals surface area contributed by atoms with E-state index in [9.17, 15) is 13.2 Å². The van der Waals surface area contributed by atoms with Crippen LogP contribution in [0, 0.1) is 0 Å². The molecule has 0 aliphatic rings. The Labute approximate surface area is 182 Å². The van der Waals surface area contributed by atoms with Crippen molar-refractivity contribution in [2.75, 3.05) is 11.8 Å². The van der Waals surface area contributed by atoms with E-state index < -0.39 is 15.9 Å². The number of ether oxygens (including phenoxy) is 1. The second kappa shape index (κ2) is 9.04. The van der Waals surface area contributed by atoms with Crippen LogP contribution in [-0.2, 0) is 16.6 Å². The zero-order valence-electron chi connectivity index (χ0n) is 15.1. The summed E-state index contributed by atoms with van der Waals surface area (Å²) in [5.74, 6) is -0.0735. The molecule has 152 valence electrons. The maximum Gasteiger partial charge on any atom is 0.263 e. The van der Waals surface area contributed by atoms with Gasteiger partial charge < -0.3 is 10.1 Å². The highest BCUT2D eigenvalue weighted by Gasteiger charge is 2.21. The number of rotatable bonds is 7. The molecule has 1 heterocycles. The molecule has 0 saturated heterocycles. The lowest BCUT2D eigenvalue weighted by molar-refractivity contribution is 0.0951. The van der Waals surface area contributed by atoms with Crippen LogP contribution < -0.4 is 14.8 Å². The molecule has 3 rings (SSSR count). The summed E-state index contributed by atoms with van der Waals surface area (Å²) >= 11 is 13.3. The summed E-state index contributed by atoms with van der Waals surface area (Å²) in [5, 5.41) is 2.72. The molecule has 6 nitrogen and oxygen atoms in total. The minimum Gasteiger partial charge on any atom is -0.495 e. The average Bonchev–Trinajstić information content (AvgIpc) is 3.11. The van der Waals surface area contributed by atoms with Crippen molar-refractivity contribution in [3.63, 3.8) is 0 Å². The molecule has 0 bridgehead atoms. The highest BCUT2D eigenvalue weighted by atomic mass is 35.5. The number of anilines is 1. The molecule has 0 spiro atoms. The molecule has 0 aliphatic carbocycles. The second-order valence-electron chi connectivity index (χ2n) is 5.84. The maximum atomic E-state index is 12.9. The van der Waals surface area contributed by atoms with Gasteiger partial charge in [0, 0.05) is 10.4 Å². The first-order valence-corrected chi connectivity index (χ1v) is 11.3. The van der Waals surface area contributed by atoms with Gasteiger partial charge in [0.2, 0.25) is 0 Å². The number of hydrogen-bond donors (Lipinski definition) is 2. The van der Waals surface area contributed by atoms with Crippen molar-refractivity contribution in [3.8, 4) is 5.75 Å². The summed E-state index contributed by atoms with van der Waals surface area (Å²) in [6.07, 6.45) is 0. The molecule has 1 aromatic heterocycles. The second-order valence-corrected chi connectivity index (χ2v) is 9.70. The molecule has 10 heteroatoms. The van der Waals surface area contributed by atoms with Gasteiger partial charge in [-0.15, -0.1) is 11.3 Å². The number of halogens is 2. The van der Waals surface area contributed by atoms with E-state index in [1.165, 1.54) is 36.6 Å². The van der Waals surface area contributed by atoms with E-state index >= 15 is 0 Å². The number of carbonyl (C=O) groups excluding carboxylic acids is 1. The Balaban J connectivity index is 1.83. The number of methoxy groups -OCH3 is 1. The smallest absolute Gasteiger partial charge is 0.263 e. The van der Waals surface area contributed by atoms with Crippen molar-refractivity contribution >= 4 is 56.2 Å². The summed E-state index contributed by atoms with van der Waals surface area (Å²) in [4.78, 5) is 13.1. The fourth-order valence-corrected chi connectivity index (χ4v) is 5.12. The standard InChI is InChI=1S/C19H16Cl2N2O4S2/c1-27-16-5-3-2-4-15(16)23-29(25,26)17-10-12(6-8-14(17)20)19(24)22-11-13-7-9-18(21)28-13/h2-10,23H,11H2,1H3,(H,22,24). The fourth-order valence-electron chi connectivity index (χ4n) is 2.50. The zero-order valence-corrected chi connectivity index (χ0v) is 18.3. The van der Waals surface area contributed by atoms with Crippen molar-refractivity contribution < 1.29 is 17.9 Å². The van der Waals surface area contributed by atoms with E-state index in [-0.39, 0.29) is 27.7 Å². The number of carbonyl (C=O) groups is 1. The van der Waals surface area contributed by atoms with Crippen LogP contribution in [0.1, 0.15) is 15.2 Å². The first-order chi connectivity index (χ1) is 13.8. The summed E-state index contributed by atoms with van der Waals surface area (Å²) in [5.41, 5.74) is 0.424. The Hall–Kier alpha value is -2.26. The molecule has 0 atom stereocenters. The summed E-state index contributed by atoms with van der Waals surface area (Å²) < 4.78 is 33.9. The number of thiophene rings is 1. The lowest BCUT2D eigenvalue weighted by Crippen LogP contribution is -2.23. The maximum absolute atomic E-state index is 12.9. The third-order valence-electron chi connectivity index (χ3n) is 3.89. The third kappa shape index (κ3) is 5.22. The van der Waals surface area contributed by atoms with Crippen LogP contribution in [0.4, 0.5) is 5.69 Å². The predicted octanol–water partition coefficient (Wildman–Crippen LogP) is 4.79. The van der Waals surface area contributed by atoms with Gasteiger partial charge in [-0.2, -0.15) is 0 Å². The van der Waals surface area contributed by atoms with Crippen LogP contribution in [0.5, 0.6) is 5.75 Å². The lowest BCUT2D eigenvalue weighted by atomic mass is 10.2. The van der Waals surface area contributed by atoms with E-state index in [1.807, 2.05) is 6.07 Å². The normalized spacial score (nSPS) is 11.1. The van der Waals surface area contributed by atoms with Gasteiger partial charge in [0.05, 0.1) is 28.7 Å². The van der Waals surface area contributed by atoms with Gasteiger partial charge in [-0.25, -0.2) is 8.42 Å². The Morgan fingerprint density at radius 3 is 2.55 bits per heavy atom. The monoisotopic (exact) mass is 470 g/mol. The Kier molecular flexibility index (Phi) is 6.69. The van der Waals surface area contributed by atoms with Crippen molar-refractivity contribution in [3.05, 3.63) is 74.4 Å². The van der Waals surface area contributed by atoms with Gasteiger partial charge in [0.25, 0.3) is 15.9 Å². The highest BCUT2D eigenvalue weighted by molar-refractivity contribution is 7.92. The van der Waals surface area contributed by atoms with Crippen molar-refractivity contribution in [1.82, 2.24) is 5.32 Å². The van der Waals surface area contributed by atoms with E-state index in [1.54, 1.807) is 30.3 Å². The first kappa shape index (κ1) is 21.4. The van der Waals surface area contributed by atoms with Crippen LogP contribution in [0.25, 0.3) is 0 Å². The average molecular weight is 471 g/mol. The van der Waals surface area contributed by atoms with Gasteiger partial charge in [0.15, 0.2) is 0 Å². The topological polar surface area (TPSA) is 84.5 Å². The number of hydrogen-bond acceptors (Lipinski definition) is 5. The van der Waals surface area contributed by atoms with Crippen LogP contribution >= 0.6 is 34.5 Å². The number of sulfonamides is 1. The van der Waals surface area contributed by atoms with Crippen LogP contribution in [0.15, 0.2) is 59.5 Å². The molecule has 0 unspecified atom stereocenters. The van der Waals surface area contributed by atoms with Crippen LogP contribution in [0.3, 0.4) is 0 Å². The molecule has 2 N–H and O–H groups in total. The molecule has 3 aromatic rings. The van der Waals surface area contributed by atoms with E-state index in [0.29, 0.717) is 10.1 Å². The van der Waals surface area contributed by atoms with Gasteiger partial charge >= 0.3 is 0 Å². The summed E-state index contributed by atoms with van der Waals surface area (Å²) in [6.45, 7) is 0.278. The number of para-hydroxylation sites is 2. The number of benzene rings is 2.